The van der Waals surface area contributed by atoms with Gasteiger partial charge in [-0.25, -0.2) is 9.78 Å². The van der Waals surface area contributed by atoms with E-state index >= 15 is 0 Å². The average molecular weight is 368 g/mol. The molecule has 27 heavy (non-hydrogen) atoms. The lowest BCUT2D eigenvalue weighted by atomic mass is 9.91. The number of pyridine rings is 1. The summed E-state index contributed by atoms with van der Waals surface area (Å²) in [5.74, 6) is -0.00397. The van der Waals surface area contributed by atoms with Crippen molar-refractivity contribution in [1.29, 1.82) is 0 Å². The van der Waals surface area contributed by atoms with Gasteiger partial charge in [0.05, 0.1) is 17.0 Å². The zero-order valence-electron chi connectivity index (χ0n) is 15.2. The minimum atomic E-state index is -0.965. The predicted octanol–water partition coefficient (Wildman–Crippen LogP) is 1.42. The van der Waals surface area contributed by atoms with Crippen molar-refractivity contribution >= 4 is 17.7 Å². The van der Waals surface area contributed by atoms with E-state index < -0.39 is 5.97 Å². The number of nitrogens with zero attached hydrogens (tertiary/aromatic N) is 4. The van der Waals surface area contributed by atoms with Gasteiger partial charge in [-0.2, -0.15) is 4.98 Å². The Morgan fingerprint density at radius 2 is 2.04 bits per heavy atom. The SMILES string of the molecule is Nc1nc2c(c(N3CCNCC3)n1)CCCCC2c1ncccc1C(=O)O. The van der Waals surface area contributed by atoms with E-state index in [-0.39, 0.29) is 17.4 Å². The van der Waals surface area contributed by atoms with Crippen molar-refractivity contribution in [3.63, 3.8) is 0 Å². The lowest BCUT2D eigenvalue weighted by Crippen LogP contribution is -2.44. The number of hydrogen-bond donors (Lipinski definition) is 3. The molecule has 8 heteroatoms. The summed E-state index contributed by atoms with van der Waals surface area (Å²) in [6.45, 7) is 3.56. The number of carbonyl (C=O) groups is 1. The normalized spacial score (nSPS) is 20.0. The Morgan fingerprint density at radius 1 is 1.22 bits per heavy atom. The van der Waals surface area contributed by atoms with Gasteiger partial charge in [0.1, 0.15) is 5.82 Å². The summed E-state index contributed by atoms with van der Waals surface area (Å²) in [5.41, 5.74) is 8.81. The molecule has 0 amide bonds. The van der Waals surface area contributed by atoms with Gasteiger partial charge in [0.15, 0.2) is 0 Å². The molecule has 4 rings (SSSR count). The second-order valence-electron chi connectivity index (χ2n) is 7.05. The molecule has 2 aromatic rings. The zero-order valence-corrected chi connectivity index (χ0v) is 15.2. The maximum Gasteiger partial charge on any atom is 0.337 e. The average Bonchev–Trinajstić information content (AvgIpc) is 2.90. The molecular weight excluding hydrogens is 344 g/mol. The minimum Gasteiger partial charge on any atom is -0.478 e. The van der Waals surface area contributed by atoms with E-state index in [4.69, 9.17) is 5.73 Å². The summed E-state index contributed by atoms with van der Waals surface area (Å²) < 4.78 is 0. The number of hydrogen-bond acceptors (Lipinski definition) is 7. The topological polar surface area (TPSA) is 117 Å². The van der Waals surface area contributed by atoms with Crippen LogP contribution in [0.5, 0.6) is 0 Å². The first-order chi connectivity index (χ1) is 13.1. The van der Waals surface area contributed by atoms with Gasteiger partial charge < -0.3 is 21.1 Å². The molecule has 2 aliphatic rings. The van der Waals surface area contributed by atoms with Gasteiger partial charge in [-0.1, -0.05) is 6.42 Å². The van der Waals surface area contributed by atoms with Gasteiger partial charge in [-0.15, -0.1) is 0 Å². The number of carboxylic acid groups (broad SMARTS) is 1. The Kier molecular flexibility index (Phi) is 4.89. The van der Waals surface area contributed by atoms with Gasteiger partial charge in [-0.3, -0.25) is 4.98 Å². The molecule has 8 nitrogen and oxygen atoms in total. The van der Waals surface area contributed by atoms with Crippen LogP contribution in [0.2, 0.25) is 0 Å². The number of carboxylic acids is 1. The Hall–Kier alpha value is -2.74. The fraction of sp³-hybridized carbons (Fsp3) is 0.474. The monoisotopic (exact) mass is 368 g/mol. The van der Waals surface area contributed by atoms with Crippen molar-refractivity contribution in [2.24, 2.45) is 0 Å². The summed E-state index contributed by atoms with van der Waals surface area (Å²) in [6.07, 6.45) is 5.33. The highest BCUT2D eigenvalue weighted by atomic mass is 16.4. The van der Waals surface area contributed by atoms with Crippen LogP contribution in [0.3, 0.4) is 0 Å². The van der Waals surface area contributed by atoms with Crippen LogP contribution < -0.4 is 16.0 Å². The lowest BCUT2D eigenvalue weighted by molar-refractivity contribution is 0.0694. The molecule has 1 fully saturated rings. The summed E-state index contributed by atoms with van der Waals surface area (Å²) in [7, 11) is 0. The third-order valence-electron chi connectivity index (χ3n) is 5.35. The Labute approximate surface area is 157 Å². The van der Waals surface area contributed by atoms with E-state index in [1.807, 2.05) is 0 Å². The molecule has 1 unspecified atom stereocenters. The van der Waals surface area contributed by atoms with Crippen LogP contribution in [-0.2, 0) is 6.42 Å². The number of fused-ring (bicyclic) bond motifs is 1. The Balaban J connectivity index is 1.85. The predicted molar refractivity (Wildman–Crippen MR) is 102 cm³/mol. The second-order valence-corrected chi connectivity index (χ2v) is 7.05. The third kappa shape index (κ3) is 3.44. The van der Waals surface area contributed by atoms with Gasteiger partial charge in [0.25, 0.3) is 0 Å². The highest BCUT2D eigenvalue weighted by Crippen LogP contribution is 2.38. The van der Waals surface area contributed by atoms with E-state index in [0.717, 1.165) is 68.9 Å². The molecule has 1 saturated heterocycles. The van der Waals surface area contributed by atoms with Crippen LogP contribution in [0.15, 0.2) is 18.3 Å². The van der Waals surface area contributed by atoms with Crippen LogP contribution in [-0.4, -0.2) is 52.2 Å². The first-order valence-corrected chi connectivity index (χ1v) is 9.45. The number of nitrogen functional groups attached to an aromatic ring is 1. The second kappa shape index (κ2) is 7.48. The van der Waals surface area contributed by atoms with Crippen molar-refractivity contribution in [1.82, 2.24) is 20.3 Å². The maximum absolute atomic E-state index is 11.7. The lowest BCUT2D eigenvalue weighted by Gasteiger charge is -2.31. The van der Waals surface area contributed by atoms with Gasteiger partial charge in [0.2, 0.25) is 5.95 Å². The molecular formula is C19H24N6O2. The van der Waals surface area contributed by atoms with Crippen LogP contribution in [0.1, 0.15) is 52.5 Å². The highest BCUT2D eigenvalue weighted by Gasteiger charge is 2.30. The summed E-state index contributed by atoms with van der Waals surface area (Å²) in [4.78, 5) is 27.6. The Bertz CT molecular complexity index is 850. The van der Waals surface area contributed by atoms with E-state index in [2.05, 4.69) is 25.2 Å². The van der Waals surface area contributed by atoms with Gasteiger partial charge >= 0.3 is 5.97 Å². The minimum absolute atomic E-state index is 0.179. The number of nitrogens with two attached hydrogens (primary N) is 1. The largest absolute Gasteiger partial charge is 0.478 e. The van der Waals surface area contributed by atoms with Crippen LogP contribution in [0.25, 0.3) is 0 Å². The number of anilines is 2. The fourth-order valence-corrected chi connectivity index (χ4v) is 4.10. The van der Waals surface area contributed by atoms with E-state index in [1.54, 1.807) is 18.3 Å². The van der Waals surface area contributed by atoms with Crippen molar-refractivity contribution in [2.45, 2.75) is 31.6 Å². The standard InChI is InChI=1S/C19H24N6O2/c20-19-23-16-12(15-14(18(26)27)6-3-7-22-15)4-1-2-5-13(16)17(24-19)25-10-8-21-9-11-25/h3,6-7,12,21H,1-2,4-5,8-11H2,(H,26,27)(H2,20,23,24). The van der Waals surface area contributed by atoms with E-state index in [0.29, 0.717) is 5.69 Å². The maximum atomic E-state index is 11.7. The van der Waals surface area contributed by atoms with Crippen LogP contribution in [0, 0.1) is 0 Å². The molecule has 1 atom stereocenters. The molecule has 0 radical (unpaired) electrons. The first-order valence-electron chi connectivity index (χ1n) is 9.45. The molecule has 1 aliphatic carbocycles. The summed E-state index contributed by atoms with van der Waals surface area (Å²) in [5, 5.41) is 13.0. The van der Waals surface area contributed by atoms with Crippen LogP contribution in [0.4, 0.5) is 11.8 Å². The number of aromatic carboxylic acids is 1. The smallest absolute Gasteiger partial charge is 0.337 e. The van der Waals surface area contributed by atoms with Crippen molar-refractivity contribution in [3.05, 3.63) is 40.8 Å². The Morgan fingerprint density at radius 3 is 2.81 bits per heavy atom. The fourth-order valence-electron chi connectivity index (χ4n) is 4.10. The van der Waals surface area contributed by atoms with E-state index in [9.17, 15) is 9.90 Å². The van der Waals surface area contributed by atoms with E-state index in [1.165, 1.54) is 0 Å². The van der Waals surface area contributed by atoms with Crippen molar-refractivity contribution in [2.75, 3.05) is 36.8 Å². The van der Waals surface area contributed by atoms with Gasteiger partial charge in [-0.05, 0) is 31.4 Å². The molecule has 2 aromatic heterocycles. The first kappa shape index (κ1) is 17.7. The number of rotatable bonds is 3. The third-order valence-corrected chi connectivity index (χ3v) is 5.35. The number of piperazine rings is 1. The molecule has 4 N–H and O–H groups in total. The molecule has 0 aromatic carbocycles. The van der Waals surface area contributed by atoms with Crippen LogP contribution >= 0.6 is 0 Å². The molecule has 0 bridgehead atoms. The van der Waals surface area contributed by atoms with Crippen molar-refractivity contribution < 1.29 is 9.90 Å². The zero-order chi connectivity index (χ0) is 18.8. The molecule has 0 saturated carbocycles. The van der Waals surface area contributed by atoms with Crippen molar-refractivity contribution in [3.8, 4) is 0 Å². The molecule has 1 aliphatic heterocycles. The quantitative estimate of drug-likeness (QED) is 0.696. The highest BCUT2D eigenvalue weighted by molar-refractivity contribution is 5.89. The van der Waals surface area contributed by atoms with Gasteiger partial charge in [0, 0.05) is 43.9 Å². The number of nitrogens with one attached hydrogen (secondary N) is 1. The summed E-state index contributed by atoms with van der Waals surface area (Å²) in [6, 6.07) is 3.27. The summed E-state index contributed by atoms with van der Waals surface area (Å²) >= 11 is 0. The molecule has 3 heterocycles. The number of aromatic nitrogens is 3. The molecule has 142 valence electrons. The molecule has 0 spiro atoms.